The summed E-state index contributed by atoms with van der Waals surface area (Å²) in [5.41, 5.74) is 5.90. The molecule has 0 fully saturated rings. The summed E-state index contributed by atoms with van der Waals surface area (Å²) in [5.74, 6) is 1.43. The lowest BCUT2D eigenvalue weighted by Gasteiger charge is -2.28. The van der Waals surface area contributed by atoms with Gasteiger partial charge in [0.05, 0.1) is 0 Å². The quantitative estimate of drug-likeness (QED) is 0.584. The fourth-order valence-corrected chi connectivity index (χ4v) is 1.01. The average molecular weight is 147 g/mol. The maximum absolute atomic E-state index is 5.92. The van der Waals surface area contributed by atoms with Gasteiger partial charge < -0.3 is 5.73 Å². The summed E-state index contributed by atoms with van der Waals surface area (Å²) in [6.45, 7) is 6.36. The van der Waals surface area contributed by atoms with Gasteiger partial charge in [0.1, 0.15) is 0 Å². The highest BCUT2D eigenvalue weighted by Crippen LogP contribution is 2.16. The Kier molecular flexibility index (Phi) is 3.59. The molecule has 0 radical (unpaired) electrons. The molecule has 0 aromatic heterocycles. The fourth-order valence-electron chi connectivity index (χ4n) is 0.530. The topological polar surface area (TPSA) is 26.0 Å². The molecule has 1 unspecified atom stereocenters. The van der Waals surface area contributed by atoms with Gasteiger partial charge in [-0.1, -0.05) is 13.8 Å². The Morgan fingerprint density at radius 3 is 2.11 bits per heavy atom. The van der Waals surface area contributed by atoms with E-state index in [4.69, 9.17) is 5.73 Å². The number of hydrogen-bond acceptors (Lipinski definition) is 2. The van der Waals surface area contributed by atoms with Crippen LogP contribution in [0.3, 0.4) is 0 Å². The molecule has 0 saturated heterocycles. The number of hydrogen-bond donors (Lipinski definition) is 2. The van der Waals surface area contributed by atoms with E-state index in [0.29, 0.717) is 5.92 Å². The van der Waals surface area contributed by atoms with Crippen LogP contribution in [-0.4, -0.2) is 11.3 Å². The molecule has 2 heteroatoms. The second-order valence-electron chi connectivity index (χ2n) is 3.13. The summed E-state index contributed by atoms with van der Waals surface area (Å²) in [4.78, 5) is 0. The number of thiol groups is 1. The minimum absolute atomic E-state index is 0.0260. The Bertz CT molecular complexity index is 79.0. The van der Waals surface area contributed by atoms with Gasteiger partial charge in [-0.25, -0.2) is 0 Å². The molecule has 1 atom stereocenters. The summed E-state index contributed by atoms with van der Waals surface area (Å²) < 4.78 is 0. The first kappa shape index (κ1) is 9.31. The van der Waals surface area contributed by atoms with Crippen molar-refractivity contribution in [1.82, 2.24) is 0 Å². The summed E-state index contributed by atoms with van der Waals surface area (Å²) in [6, 6.07) is 0. The van der Waals surface area contributed by atoms with E-state index in [9.17, 15) is 0 Å². The van der Waals surface area contributed by atoms with Gasteiger partial charge >= 0.3 is 0 Å². The van der Waals surface area contributed by atoms with Crippen LogP contribution in [0.2, 0.25) is 0 Å². The van der Waals surface area contributed by atoms with Crippen molar-refractivity contribution in [3.8, 4) is 0 Å². The van der Waals surface area contributed by atoms with Gasteiger partial charge in [-0.2, -0.15) is 12.6 Å². The van der Waals surface area contributed by atoms with Crippen LogP contribution in [0.25, 0.3) is 0 Å². The van der Waals surface area contributed by atoms with E-state index in [2.05, 4.69) is 33.4 Å². The molecular weight excluding hydrogens is 130 g/mol. The molecule has 56 valence electrons. The lowest BCUT2D eigenvalue weighted by Crippen LogP contribution is -2.41. The smallest absolute Gasteiger partial charge is 0.0156 e. The van der Waals surface area contributed by atoms with Crippen LogP contribution in [0.4, 0.5) is 0 Å². The van der Waals surface area contributed by atoms with E-state index in [1.807, 2.05) is 0 Å². The van der Waals surface area contributed by atoms with Gasteiger partial charge in [-0.05, 0) is 25.0 Å². The lowest BCUT2D eigenvalue weighted by atomic mass is 9.87. The summed E-state index contributed by atoms with van der Waals surface area (Å²) in [7, 11) is 0. The van der Waals surface area contributed by atoms with E-state index in [1.165, 1.54) is 0 Å². The third-order valence-corrected chi connectivity index (χ3v) is 2.19. The highest BCUT2D eigenvalue weighted by Gasteiger charge is 2.20. The highest BCUT2D eigenvalue weighted by molar-refractivity contribution is 7.80. The first-order valence-corrected chi connectivity index (χ1v) is 4.03. The fraction of sp³-hybridized carbons (Fsp3) is 1.00. The van der Waals surface area contributed by atoms with Crippen molar-refractivity contribution in [2.45, 2.75) is 32.7 Å². The van der Waals surface area contributed by atoms with Gasteiger partial charge in [0, 0.05) is 5.54 Å². The second kappa shape index (κ2) is 3.47. The lowest BCUT2D eigenvalue weighted by molar-refractivity contribution is 0.332. The Morgan fingerprint density at radius 1 is 1.56 bits per heavy atom. The molecule has 1 nitrogen and oxygen atoms in total. The molecule has 0 spiro atoms. The Hall–Kier alpha value is 0.310. The van der Waals surface area contributed by atoms with Crippen LogP contribution in [0.5, 0.6) is 0 Å². The predicted molar refractivity (Wildman–Crippen MR) is 45.9 cm³/mol. The zero-order chi connectivity index (χ0) is 7.49. The molecule has 0 bridgehead atoms. The Balaban J connectivity index is 3.70. The van der Waals surface area contributed by atoms with Gasteiger partial charge in [0.15, 0.2) is 0 Å². The Labute approximate surface area is 63.4 Å². The third kappa shape index (κ3) is 3.11. The van der Waals surface area contributed by atoms with E-state index in [0.717, 1.165) is 12.2 Å². The van der Waals surface area contributed by atoms with Crippen LogP contribution in [-0.2, 0) is 0 Å². The third-order valence-electron chi connectivity index (χ3n) is 1.97. The van der Waals surface area contributed by atoms with E-state index in [1.54, 1.807) is 0 Å². The largest absolute Gasteiger partial charge is 0.325 e. The van der Waals surface area contributed by atoms with Crippen LogP contribution in [0.1, 0.15) is 27.2 Å². The zero-order valence-electron chi connectivity index (χ0n) is 6.52. The summed E-state index contributed by atoms with van der Waals surface area (Å²) in [6.07, 6.45) is 0.994. The van der Waals surface area contributed by atoms with Crippen LogP contribution in [0.15, 0.2) is 0 Å². The van der Waals surface area contributed by atoms with Crippen molar-refractivity contribution in [2.24, 2.45) is 11.7 Å². The summed E-state index contributed by atoms with van der Waals surface area (Å²) >= 11 is 4.13. The Morgan fingerprint density at radius 2 is 2.00 bits per heavy atom. The standard InChI is InChI=1S/C7H17NS/c1-6(2)7(3,8)4-5-9/h6,9H,4-5,8H2,1-3H3. The van der Waals surface area contributed by atoms with E-state index >= 15 is 0 Å². The van der Waals surface area contributed by atoms with Crippen LogP contribution in [0, 0.1) is 5.92 Å². The molecule has 0 aliphatic carbocycles. The number of rotatable bonds is 3. The van der Waals surface area contributed by atoms with Crippen LogP contribution < -0.4 is 5.73 Å². The van der Waals surface area contributed by atoms with E-state index < -0.39 is 0 Å². The monoisotopic (exact) mass is 147 g/mol. The number of nitrogens with two attached hydrogens (primary N) is 1. The van der Waals surface area contributed by atoms with Crippen molar-refractivity contribution in [3.63, 3.8) is 0 Å². The van der Waals surface area contributed by atoms with Crippen molar-refractivity contribution < 1.29 is 0 Å². The highest BCUT2D eigenvalue weighted by atomic mass is 32.1. The van der Waals surface area contributed by atoms with E-state index in [-0.39, 0.29) is 5.54 Å². The average Bonchev–Trinajstić information content (AvgIpc) is 1.65. The maximum atomic E-state index is 5.92. The van der Waals surface area contributed by atoms with Gasteiger partial charge in [-0.15, -0.1) is 0 Å². The SMILES string of the molecule is CC(C)C(C)(N)CCS. The van der Waals surface area contributed by atoms with Gasteiger partial charge in [0.25, 0.3) is 0 Å². The molecule has 0 amide bonds. The first-order valence-electron chi connectivity index (χ1n) is 3.40. The van der Waals surface area contributed by atoms with Gasteiger partial charge in [0.2, 0.25) is 0 Å². The molecule has 0 heterocycles. The molecule has 0 saturated carbocycles. The first-order chi connectivity index (χ1) is 4.00. The minimum Gasteiger partial charge on any atom is -0.325 e. The van der Waals surface area contributed by atoms with Gasteiger partial charge in [-0.3, -0.25) is 0 Å². The molecule has 0 aromatic carbocycles. The minimum atomic E-state index is -0.0260. The predicted octanol–water partition coefficient (Wildman–Crippen LogP) is 1.68. The molecule has 0 aliphatic heterocycles. The molecule has 0 aliphatic rings. The molecular formula is C7H17NS. The summed E-state index contributed by atoms with van der Waals surface area (Å²) in [5, 5.41) is 0. The van der Waals surface area contributed by atoms with Crippen LogP contribution >= 0.6 is 12.6 Å². The molecule has 0 aromatic rings. The maximum Gasteiger partial charge on any atom is 0.0156 e. The molecule has 0 rings (SSSR count). The van der Waals surface area contributed by atoms with Crippen molar-refractivity contribution >= 4 is 12.6 Å². The normalized spacial score (nSPS) is 18.0. The van der Waals surface area contributed by atoms with Crippen molar-refractivity contribution in [3.05, 3.63) is 0 Å². The molecule has 9 heavy (non-hydrogen) atoms. The second-order valence-corrected chi connectivity index (χ2v) is 3.58. The molecule has 2 N–H and O–H groups in total. The van der Waals surface area contributed by atoms with Crippen molar-refractivity contribution in [1.29, 1.82) is 0 Å². The zero-order valence-corrected chi connectivity index (χ0v) is 7.41. The van der Waals surface area contributed by atoms with Crippen molar-refractivity contribution in [2.75, 3.05) is 5.75 Å².